The molecule has 0 bridgehead atoms. The zero-order chi connectivity index (χ0) is 5.44. The Hall–Kier alpha value is -0.570. The van der Waals surface area contributed by atoms with Gasteiger partial charge < -0.3 is 10.4 Å². The van der Waals surface area contributed by atoms with Crippen LogP contribution >= 0.6 is 0 Å². The fourth-order valence-corrected chi connectivity index (χ4v) is 0.520. The van der Waals surface area contributed by atoms with E-state index < -0.39 is 6.10 Å². The molecule has 1 fully saturated rings. The first-order valence-corrected chi connectivity index (χ1v) is 2.20. The van der Waals surface area contributed by atoms with Crippen molar-refractivity contribution in [3.8, 4) is 0 Å². The van der Waals surface area contributed by atoms with Gasteiger partial charge in [-0.1, -0.05) is 0 Å². The van der Waals surface area contributed by atoms with Crippen LogP contribution in [0.15, 0.2) is 0 Å². The predicted octanol–water partition coefficient (Wildman–Crippen LogP) is -1.13. The lowest BCUT2D eigenvalue weighted by Crippen LogP contribution is -2.60. The molecule has 2 N–H and O–H groups in total. The number of hydrogen-bond acceptors (Lipinski definition) is 2. The molecule has 0 aromatic rings. The number of rotatable bonds is 0. The third-order valence-electron chi connectivity index (χ3n) is 1.11. The molecule has 3 heteroatoms. The van der Waals surface area contributed by atoms with Gasteiger partial charge in [0.2, 0.25) is 0 Å². The highest BCUT2D eigenvalue weighted by Gasteiger charge is 2.33. The fraction of sp³-hybridized carbons (Fsp3) is 0.750. The van der Waals surface area contributed by atoms with Gasteiger partial charge >= 0.3 is 0 Å². The summed E-state index contributed by atoms with van der Waals surface area (Å²) in [5, 5.41) is 11.0. The molecule has 3 nitrogen and oxygen atoms in total. The van der Waals surface area contributed by atoms with Crippen LogP contribution in [0.3, 0.4) is 0 Å². The average Bonchev–Trinajstić information content (AvgIpc) is 1.68. The van der Waals surface area contributed by atoms with Crippen LogP contribution in [-0.4, -0.2) is 23.2 Å². The number of nitrogens with one attached hydrogen (secondary N) is 1. The molecule has 0 aromatic heterocycles. The normalized spacial score (nSPS) is 39.4. The minimum atomic E-state index is -0.750. The lowest BCUT2D eigenvalue weighted by atomic mass is 10.1. The van der Waals surface area contributed by atoms with E-state index in [4.69, 9.17) is 5.11 Å². The number of hydrogen-bond donors (Lipinski definition) is 2. The third kappa shape index (κ3) is 0.489. The second-order valence-electron chi connectivity index (χ2n) is 1.74. The lowest BCUT2D eigenvalue weighted by molar-refractivity contribution is -0.141. The quantitative estimate of drug-likeness (QED) is 0.379. The van der Waals surface area contributed by atoms with Crippen LogP contribution < -0.4 is 5.32 Å². The zero-order valence-corrected chi connectivity index (χ0v) is 4.01. The number of aliphatic hydroxyl groups excluding tert-OH is 1. The number of aliphatic hydroxyl groups is 1. The van der Waals surface area contributed by atoms with Gasteiger partial charge in [-0.15, -0.1) is 0 Å². The number of amides is 1. The smallest absolute Gasteiger partial charge is 0.251 e. The molecule has 1 aliphatic heterocycles. The summed E-state index contributed by atoms with van der Waals surface area (Å²) in [6.07, 6.45) is -0.750. The number of carbonyl (C=O) groups excluding carboxylic acids is 1. The molecule has 0 radical (unpaired) electrons. The van der Waals surface area contributed by atoms with Crippen molar-refractivity contribution in [3.63, 3.8) is 0 Å². The Balaban J connectivity index is 2.43. The van der Waals surface area contributed by atoms with E-state index in [1.54, 1.807) is 6.92 Å². The molecule has 0 unspecified atom stereocenters. The zero-order valence-electron chi connectivity index (χ0n) is 4.01. The van der Waals surface area contributed by atoms with Crippen LogP contribution in [0.5, 0.6) is 0 Å². The van der Waals surface area contributed by atoms with Gasteiger partial charge in [0.05, 0.1) is 6.04 Å². The molecule has 0 saturated carbocycles. The molecular weight excluding hydrogens is 94.0 g/mol. The molecule has 2 atom stereocenters. The summed E-state index contributed by atoms with van der Waals surface area (Å²) < 4.78 is 0. The van der Waals surface area contributed by atoms with E-state index in [-0.39, 0.29) is 11.9 Å². The first-order chi connectivity index (χ1) is 3.22. The summed E-state index contributed by atoms with van der Waals surface area (Å²) >= 11 is 0. The molecule has 0 aromatic carbocycles. The van der Waals surface area contributed by atoms with Crippen molar-refractivity contribution in [2.45, 2.75) is 19.1 Å². The SMILES string of the molecule is C[C@@H]1NC(=O)[C@@H]1O. The maximum Gasteiger partial charge on any atom is 0.251 e. The van der Waals surface area contributed by atoms with Gasteiger partial charge in [0.15, 0.2) is 6.10 Å². The van der Waals surface area contributed by atoms with Crippen LogP contribution in [0.1, 0.15) is 6.92 Å². The van der Waals surface area contributed by atoms with Crippen LogP contribution in [0.4, 0.5) is 0 Å². The van der Waals surface area contributed by atoms with Crippen LogP contribution in [0.2, 0.25) is 0 Å². The van der Waals surface area contributed by atoms with Crippen molar-refractivity contribution in [3.05, 3.63) is 0 Å². The van der Waals surface area contributed by atoms with Gasteiger partial charge in [0.25, 0.3) is 5.91 Å². The Bertz CT molecular complexity index is 102. The molecule has 0 spiro atoms. The Morgan fingerprint density at radius 2 is 2.43 bits per heavy atom. The molecule has 1 saturated heterocycles. The molecule has 40 valence electrons. The van der Waals surface area contributed by atoms with E-state index in [0.717, 1.165) is 0 Å². The monoisotopic (exact) mass is 101 g/mol. The van der Waals surface area contributed by atoms with Crippen molar-refractivity contribution < 1.29 is 9.90 Å². The minimum absolute atomic E-state index is 0.0347. The summed E-state index contributed by atoms with van der Waals surface area (Å²) in [4.78, 5) is 10.1. The van der Waals surface area contributed by atoms with Gasteiger partial charge in [-0.2, -0.15) is 0 Å². The van der Waals surface area contributed by atoms with Crippen molar-refractivity contribution in [1.82, 2.24) is 5.32 Å². The van der Waals surface area contributed by atoms with Gasteiger partial charge in [0.1, 0.15) is 0 Å². The highest BCUT2D eigenvalue weighted by Crippen LogP contribution is 2.02. The van der Waals surface area contributed by atoms with Gasteiger partial charge in [-0.05, 0) is 6.92 Å². The highest BCUT2D eigenvalue weighted by atomic mass is 16.3. The Morgan fingerprint density at radius 1 is 1.86 bits per heavy atom. The average molecular weight is 101 g/mol. The van der Waals surface area contributed by atoms with Crippen molar-refractivity contribution >= 4 is 5.91 Å². The van der Waals surface area contributed by atoms with Crippen molar-refractivity contribution in [2.75, 3.05) is 0 Å². The maximum absolute atomic E-state index is 10.1. The molecule has 1 aliphatic rings. The van der Waals surface area contributed by atoms with Crippen LogP contribution in [0.25, 0.3) is 0 Å². The maximum atomic E-state index is 10.1. The fourth-order valence-electron chi connectivity index (χ4n) is 0.520. The van der Waals surface area contributed by atoms with E-state index in [0.29, 0.717) is 0 Å². The van der Waals surface area contributed by atoms with E-state index in [1.807, 2.05) is 0 Å². The summed E-state index contributed by atoms with van der Waals surface area (Å²) in [7, 11) is 0. The first-order valence-electron chi connectivity index (χ1n) is 2.20. The third-order valence-corrected chi connectivity index (χ3v) is 1.11. The largest absolute Gasteiger partial charge is 0.381 e. The molecule has 1 heterocycles. The predicted molar refractivity (Wildman–Crippen MR) is 23.6 cm³/mol. The molecule has 1 rings (SSSR count). The Labute approximate surface area is 41.3 Å². The topological polar surface area (TPSA) is 49.3 Å². The standard InChI is InChI=1S/C4H7NO2/c1-2-3(6)4(7)5-2/h2-3,6H,1H3,(H,5,7)/t2-,3+/m0/s1. The molecule has 1 amide bonds. The second-order valence-corrected chi connectivity index (χ2v) is 1.74. The summed E-state index contributed by atoms with van der Waals surface area (Å²) in [5.74, 6) is -0.257. The molecular formula is C4H7NO2. The molecule has 0 aliphatic carbocycles. The van der Waals surface area contributed by atoms with E-state index in [2.05, 4.69) is 5.32 Å². The number of carbonyl (C=O) groups is 1. The van der Waals surface area contributed by atoms with Crippen molar-refractivity contribution in [1.29, 1.82) is 0 Å². The summed E-state index contributed by atoms with van der Waals surface area (Å²) in [6, 6.07) is -0.0347. The van der Waals surface area contributed by atoms with E-state index >= 15 is 0 Å². The van der Waals surface area contributed by atoms with Crippen molar-refractivity contribution in [2.24, 2.45) is 0 Å². The van der Waals surface area contributed by atoms with Gasteiger partial charge in [-0.3, -0.25) is 4.79 Å². The Morgan fingerprint density at radius 3 is 2.43 bits per heavy atom. The minimum Gasteiger partial charge on any atom is -0.381 e. The highest BCUT2D eigenvalue weighted by molar-refractivity contribution is 5.87. The van der Waals surface area contributed by atoms with E-state index in [9.17, 15) is 4.79 Å². The molecule has 7 heavy (non-hydrogen) atoms. The van der Waals surface area contributed by atoms with E-state index in [1.165, 1.54) is 0 Å². The lowest BCUT2D eigenvalue weighted by Gasteiger charge is -2.28. The van der Waals surface area contributed by atoms with Crippen LogP contribution in [-0.2, 0) is 4.79 Å². The van der Waals surface area contributed by atoms with Gasteiger partial charge in [-0.25, -0.2) is 0 Å². The first kappa shape index (κ1) is 4.59. The Kier molecular flexibility index (Phi) is 0.785. The van der Waals surface area contributed by atoms with Crippen LogP contribution in [0, 0.1) is 0 Å². The van der Waals surface area contributed by atoms with Gasteiger partial charge in [0, 0.05) is 0 Å². The summed E-state index contributed by atoms with van der Waals surface area (Å²) in [5.41, 5.74) is 0. The summed E-state index contributed by atoms with van der Waals surface area (Å²) in [6.45, 7) is 1.76. The second kappa shape index (κ2) is 1.20. The number of β-lactam (4-membered cyclic amide) rings is 1.